The smallest absolute Gasteiger partial charge is 0.0406 e. The van der Waals surface area contributed by atoms with Crippen LogP contribution in [0.5, 0.6) is 0 Å². The van der Waals surface area contributed by atoms with Crippen LogP contribution in [0.25, 0.3) is 0 Å². The van der Waals surface area contributed by atoms with Crippen molar-refractivity contribution in [3.63, 3.8) is 0 Å². The van der Waals surface area contributed by atoms with E-state index in [0.717, 1.165) is 23.6 Å². The predicted molar refractivity (Wildman–Crippen MR) is 111 cm³/mol. The van der Waals surface area contributed by atoms with Gasteiger partial charge in [-0.05, 0) is 47.7 Å². The van der Waals surface area contributed by atoms with Crippen LogP contribution in [0.1, 0.15) is 16.0 Å². The third kappa shape index (κ3) is 10.0. The van der Waals surface area contributed by atoms with Crippen molar-refractivity contribution in [2.45, 2.75) is 19.5 Å². The highest BCUT2D eigenvalue weighted by Gasteiger charge is 1.87. The van der Waals surface area contributed by atoms with Crippen molar-refractivity contribution in [3.8, 4) is 0 Å². The van der Waals surface area contributed by atoms with Gasteiger partial charge >= 0.3 is 0 Å². The van der Waals surface area contributed by atoms with E-state index >= 15 is 0 Å². The first kappa shape index (κ1) is 21.4. The van der Waals surface area contributed by atoms with E-state index in [1.165, 1.54) is 10.4 Å². The lowest BCUT2D eigenvalue weighted by Gasteiger charge is -1.93. The van der Waals surface area contributed by atoms with Crippen molar-refractivity contribution in [1.82, 2.24) is 0 Å². The van der Waals surface area contributed by atoms with Crippen molar-refractivity contribution in [2.24, 2.45) is 17.2 Å². The Morgan fingerprint density at radius 3 is 1.84 bits per heavy atom. The zero-order valence-corrected chi connectivity index (χ0v) is 15.8. The topological polar surface area (TPSA) is 78.1 Å². The second-order valence-electron chi connectivity index (χ2n) is 5.14. The van der Waals surface area contributed by atoms with Crippen molar-refractivity contribution in [1.29, 1.82) is 0 Å². The molecule has 0 aliphatic rings. The average molecular weight is 376 g/mol. The maximum Gasteiger partial charge on any atom is 0.0406 e. The van der Waals surface area contributed by atoms with Gasteiger partial charge in [0, 0.05) is 23.0 Å². The van der Waals surface area contributed by atoms with E-state index in [9.17, 15) is 0 Å². The van der Waals surface area contributed by atoms with Gasteiger partial charge in [0.05, 0.1) is 0 Å². The van der Waals surface area contributed by atoms with Gasteiger partial charge in [-0.25, -0.2) is 0 Å². The summed E-state index contributed by atoms with van der Waals surface area (Å²) in [5.74, 6) is 0. The highest BCUT2D eigenvalue weighted by Crippen LogP contribution is 2.08. The fourth-order valence-corrected chi connectivity index (χ4v) is 2.57. The van der Waals surface area contributed by atoms with E-state index in [0.29, 0.717) is 13.1 Å². The summed E-state index contributed by atoms with van der Waals surface area (Å²) in [7, 11) is 0. The van der Waals surface area contributed by atoms with Gasteiger partial charge in [0.1, 0.15) is 0 Å². The Bertz CT molecular complexity index is 655. The highest BCUT2D eigenvalue weighted by molar-refractivity contribution is 7.09. The number of halogens is 1. The second kappa shape index (κ2) is 13.6. The summed E-state index contributed by atoms with van der Waals surface area (Å²) in [6.45, 7) is 2.00. The first-order valence-electron chi connectivity index (χ1n) is 8.10. The molecular formula is C20H26ClN3S. The maximum atomic E-state index is 5.63. The Morgan fingerprint density at radius 1 is 0.720 bits per heavy atom. The molecule has 25 heavy (non-hydrogen) atoms. The maximum absolute atomic E-state index is 5.63. The average Bonchev–Trinajstić information content (AvgIpc) is 3.19. The second-order valence-corrected chi connectivity index (χ2v) is 6.61. The molecule has 0 spiro atoms. The molecule has 3 nitrogen and oxygen atoms in total. The summed E-state index contributed by atoms with van der Waals surface area (Å²) in [6.07, 6.45) is 0.987. The number of thiophene rings is 1. The minimum Gasteiger partial charge on any atom is -0.330 e. The third-order valence-corrected chi connectivity index (χ3v) is 4.36. The summed E-state index contributed by atoms with van der Waals surface area (Å²) in [4.78, 5) is 1.25. The molecule has 0 saturated carbocycles. The molecule has 0 unspecified atom stereocenters. The molecule has 0 fully saturated rings. The first-order valence-corrected chi connectivity index (χ1v) is 9.36. The molecule has 2 aromatic carbocycles. The Labute approximate surface area is 159 Å². The lowest BCUT2D eigenvalue weighted by Crippen LogP contribution is -2.01. The summed E-state index contributed by atoms with van der Waals surface area (Å²) >= 11 is 7.33. The zero-order chi connectivity index (χ0) is 18.3. The molecule has 0 amide bonds. The molecule has 6 N–H and O–H groups in total. The van der Waals surface area contributed by atoms with E-state index in [1.54, 1.807) is 11.3 Å². The van der Waals surface area contributed by atoms with Crippen molar-refractivity contribution in [2.75, 3.05) is 6.54 Å². The summed E-state index contributed by atoms with van der Waals surface area (Å²) in [5.41, 5.74) is 18.5. The molecule has 0 bridgehead atoms. The quantitative estimate of drug-likeness (QED) is 0.639. The van der Waals surface area contributed by atoms with Gasteiger partial charge in [0.2, 0.25) is 0 Å². The van der Waals surface area contributed by atoms with Crippen LogP contribution in [-0.4, -0.2) is 6.54 Å². The number of nitrogens with two attached hydrogens (primary N) is 3. The third-order valence-electron chi connectivity index (χ3n) is 3.21. The van der Waals surface area contributed by atoms with Gasteiger partial charge in [-0.3, -0.25) is 0 Å². The van der Waals surface area contributed by atoms with Gasteiger partial charge in [-0.2, -0.15) is 0 Å². The van der Waals surface area contributed by atoms with Crippen molar-refractivity contribution >= 4 is 22.9 Å². The number of hydrogen-bond donors (Lipinski definition) is 3. The van der Waals surface area contributed by atoms with Crippen LogP contribution >= 0.6 is 22.9 Å². The summed E-state index contributed by atoms with van der Waals surface area (Å²) in [6, 6.07) is 21.8. The predicted octanol–water partition coefficient (Wildman–Crippen LogP) is 4.19. The van der Waals surface area contributed by atoms with E-state index < -0.39 is 0 Å². The van der Waals surface area contributed by atoms with Crippen LogP contribution in [0, 0.1) is 0 Å². The molecule has 1 aromatic heterocycles. The Kier molecular flexibility index (Phi) is 11.6. The minimum absolute atomic E-state index is 0.581. The standard InChI is InChI=1S/C8H11N.C7H8ClN.C5H7NS/c9-7-6-8-4-2-1-3-5-8;8-7-3-1-6(5-9)2-4-7;6-4-5-2-1-3-7-5/h1-5H,6-7,9H2;1-4H,5,9H2;1-3H,4,6H2. The Hall–Kier alpha value is -1.69. The van der Waals surface area contributed by atoms with Gasteiger partial charge < -0.3 is 17.2 Å². The number of benzene rings is 2. The van der Waals surface area contributed by atoms with Gasteiger partial charge in [-0.1, -0.05) is 60.1 Å². The molecule has 0 aliphatic heterocycles. The SMILES string of the molecule is NCCc1ccccc1.NCc1ccc(Cl)cc1.NCc1cccs1. The van der Waals surface area contributed by atoms with Crippen LogP contribution in [0.2, 0.25) is 5.02 Å². The molecule has 0 atom stereocenters. The molecule has 5 heteroatoms. The summed E-state index contributed by atoms with van der Waals surface area (Å²) in [5, 5.41) is 2.79. The van der Waals surface area contributed by atoms with E-state index in [2.05, 4.69) is 12.1 Å². The van der Waals surface area contributed by atoms with E-state index in [4.69, 9.17) is 28.8 Å². The van der Waals surface area contributed by atoms with Crippen LogP contribution in [-0.2, 0) is 19.5 Å². The lowest BCUT2D eigenvalue weighted by atomic mass is 10.2. The Balaban J connectivity index is 0.000000189. The highest BCUT2D eigenvalue weighted by atomic mass is 35.5. The fraction of sp³-hybridized carbons (Fsp3) is 0.200. The zero-order valence-electron chi connectivity index (χ0n) is 14.3. The molecule has 0 radical (unpaired) electrons. The first-order chi connectivity index (χ1) is 12.2. The monoisotopic (exact) mass is 375 g/mol. The van der Waals surface area contributed by atoms with E-state index in [-0.39, 0.29) is 0 Å². The van der Waals surface area contributed by atoms with Crippen molar-refractivity contribution in [3.05, 3.63) is 93.1 Å². The molecule has 3 rings (SSSR count). The minimum atomic E-state index is 0.581. The number of rotatable bonds is 4. The van der Waals surface area contributed by atoms with Crippen LogP contribution in [0.15, 0.2) is 72.1 Å². The molecule has 0 saturated heterocycles. The molecule has 134 valence electrons. The molecular weight excluding hydrogens is 350 g/mol. The number of hydrogen-bond acceptors (Lipinski definition) is 4. The van der Waals surface area contributed by atoms with Gasteiger partial charge in [0.25, 0.3) is 0 Å². The fourth-order valence-electron chi connectivity index (χ4n) is 1.86. The van der Waals surface area contributed by atoms with Gasteiger partial charge in [-0.15, -0.1) is 11.3 Å². The largest absolute Gasteiger partial charge is 0.330 e. The van der Waals surface area contributed by atoms with Gasteiger partial charge in [0.15, 0.2) is 0 Å². The van der Waals surface area contributed by atoms with Crippen LogP contribution in [0.4, 0.5) is 0 Å². The van der Waals surface area contributed by atoms with E-state index in [1.807, 2.05) is 60.0 Å². The van der Waals surface area contributed by atoms with Crippen molar-refractivity contribution < 1.29 is 0 Å². The lowest BCUT2D eigenvalue weighted by molar-refractivity contribution is 0.969. The molecule has 0 aliphatic carbocycles. The normalized spacial score (nSPS) is 9.44. The molecule has 1 heterocycles. The van der Waals surface area contributed by atoms with Crippen LogP contribution < -0.4 is 17.2 Å². The Morgan fingerprint density at radius 2 is 1.40 bits per heavy atom. The van der Waals surface area contributed by atoms with Crippen LogP contribution in [0.3, 0.4) is 0 Å². The summed E-state index contributed by atoms with van der Waals surface area (Å²) < 4.78 is 0. The molecule has 3 aromatic rings.